The zero-order valence-electron chi connectivity index (χ0n) is 20.2. The topological polar surface area (TPSA) is 75.3 Å². The number of sulfone groups is 1. The van der Waals surface area contributed by atoms with E-state index >= 15 is 0 Å². The molecule has 0 fully saturated rings. The van der Waals surface area contributed by atoms with Crippen LogP contribution in [0.4, 0.5) is 11.4 Å². The fourth-order valence-electron chi connectivity index (χ4n) is 3.75. The van der Waals surface area contributed by atoms with Gasteiger partial charge < -0.3 is 10.6 Å². The highest BCUT2D eigenvalue weighted by molar-refractivity contribution is 7.98. The number of thioether (sulfide) groups is 1. The summed E-state index contributed by atoms with van der Waals surface area (Å²) in [5.41, 5.74) is 4.08. The molecule has 4 rings (SSSR count). The lowest BCUT2D eigenvalue weighted by molar-refractivity contribution is -0.114. The van der Waals surface area contributed by atoms with E-state index in [1.165, 1.54) is 10.5 Å². The first-order valence-electron chi connectivity index (χ1n) is 11.6. The number of rotatable bonds is 9. The Hall–Kier alpha value is -3.55. The van der Waals surface area contributed by atoms with Gasteiger partial charge in [0.25, 0.3) is 0 Å². The number of amides is 1. The lowest BCUT2D eigenvalue weighted by Gasteiger charge is -2.15. The molecule has 7 heteroatoms. The van der Waals surface area contributed by atoms with Crippen LogP contribution in [0.25, 0.3) is 0 Å². The first-order valence-corrected chi connectivity index (χ1v) is 14.0. The lowest BCUT2D eigenvalue weighted by atomic mass is 10.1. The maximum atomic E-state index is 13.0. The molecule has 0 aliphatic heterocycles. The lowest BCUT2D eigenvalue weighted by Crippen LogP contribution is -2.22. The SMILES string of the molecule is Cc1c(NCC(=O)Nc2ccc(CSc3ccccc3)cc2)ccc(S(=O)(=O)c2ccccc2)c1C. The molecular formula is C29H28N2O3S2. The summed E-state index contributed by atoms with van der Waals surface area (Å²) in [4.78, 5) is 14.3. The Labute approximate surface area is 216 Å². The van der Waals surface area contributed by atoms with Crippen LogP contribution in [0.1, 0.15) is 16.7 Å². The van der Waals surface area contributed by atoms with E-state index in [1.54, 1.807) is 61.2 Å². The smallest absolute Gasteiger partial charge is 0.243 e. The van der Waals surface area contributed by atoms with E-state index < -0.39 is 9.84 Å². The second-order valence-electron chi connectivity index (χ2n) is 8.38. The molecular weight excluding hydrogens is 488 g/mol. The van der Waals surface area contributed by atoms with Gasteiger partial charge in [-0.25, -0.2) is 8.42 Å². The minimum atomic E-state index is -3.61. The average molecular weight is 517 g/mol. The molecule has 0 bridgehead atoms. The van der Waals surface area contributed by atoms with Gasteiger partial charge in [-0.05, 0) is 79.1 Å². The van der Waals surface area contributed by atoms with Crippen LogP contribution in [-0.2, 0) is 20.4 Å². The Morgan fingerprint density at radius 3 is 2.08 bits per heavy atom. The van der Waals surface area contributed by atoms with Gasteiger partial charge in [-0.15, -0.1) is 11.8 Å². The Morgan fingerprint density at radius 1 is 0.778 bits per heavy atom. The first-order chi connectivity index (χ1) is 17.3. The van der Waals surface area contributed by atoms with Crippen LogP contribution in [-0.4, -0.2) is 20.9 Å². The van der Waals surface area contributed by atoms with E-state index in [-0.39, 0.29) is 22.2 Å². The largest absolute Gasteiger partial charge is 0.376 e. The monoisotopic (exact) mass is 516 g/mol. The summed E-state index contributed by atoms with van der Waals surface area (Å²) in [6.07, 6.45) is 0. The maximum absolute atomic E-state index is 13.0. The van der Waals surface area contributed by atoms with Crippen LogP contribution in [0.2, 0.25) is 0 Å². The number of anilines is 2. The summed E-state index contributed by atoms with van der Waals surface area (Å²) in [6, 6.07) is 29.8. The number of benzene rings is 4. The Morgan fingerprint density at radius 2 is 1.42 bits per heavy atom. The molecule has 0 atom stereocenters. The Balaban J connectivity index is 1.34. The quantitative estimate of drug-likeness (QED) is 0.249. The Bertz CT molecular complexity index is 1440. The van der Waals surface area contributed by atoms with Gasteiger partial charge in [0.2, 0.25) is 15.7 Å². The normalized spacial score (nSPS) is 11.2. The first kappa shape index (κ1) is 25.5. The van der Waals surface area contributed by atoms with Crippen LogP contribution in [0.15, 0.2) is 112 Å². The molecule has 36 heavy (non-hydrogen) atoms. The third kappa shape index (κ3) is 6.17. The van der Waals surface area contributed by atoms with Crippen molar-refractivity contribution >= 4 is 38.9 Å². The molecule has 0 saturated heterocycles. The molecule has 0 heterocycles. The molecule has 4 aromatic rings. The van der Waals surface area contributed by atoms with E-state index in [1.807, 2.05) is 49.4 Å². The van der Waals surface area contributed by atoms with Crippen molar-refractivity contribution in [3.63, 3.8) is 0 Å². The van der Waals surface area contributed by atoms with Crippen molar-refractivity contribution in [1.29, 1.82) is 0 Å². The van der Waals surface area contributed by atoms with Crippen LogP contribution in [0, 0.1) is 13.8 Å². The van der Waals surface area contributed by atoms with Gasteiger partial charge in [0.05, 0.1) is 16.3 Å². The maximum Gasteiger partial charge on any atom is 0.243 e. The summed E-state index contributed by atoms with van der Waals surface area (Å²) in [7, 11) is -3.61. The number of carbonyl (C=O) groups is 1. The fraction of sp³-hybridized carbons (Fsp3) is 0.138. The molecule has 1 amide bonds. The van der Waals surface area contributed by atoms with Crippen molar-refractivity contribution in [2.75, 3.05) is 17.2 Å². The predicted octanol–water partition coefficient (Wildman–Crippen LogP) is 6.48. The summed E-state index contributed by atoms with van der Waals surface area (Å²) >= 11 is 1.77. The van der Waals surface area contributed by atoms with E-state index in [9.17, 15) is 13.2 Å². The number of hydrogen-bond donors (Lipinski definition) is 2. The summed E-state index contributed by atoms with van der Waals surface area (Å²) < 4.78 is 26.1. The van der Waals surface area contributed by atoms with Crippen LogP contribution < -0.4 is 10.6 Å². The van der Waals surface area contributed by atoms with Gasteiger partial charge >= 0.3 is 0 Å². The third-order valence-electron chi connectivity index (χ3n) is 5.91. The second kappa shape index (κ2) is 11.5. The van der Waals surface area contributed by atoms with Gasteiger partial charge in [-0.1, -0.05) is 48.5 Å². The molecule has 0 aliphatic carbocycles. The molecule has 0 spiro atoms. The van der Waals surface area contributed by atoms with Crippen molar-refractivity contribution in [3.8, 4) is 0 Å². The minimum Gasteiger partial charge on any atom is -0.376 e. The van der Waals surface area contributed by atoms with Crippen molar-refractivity contribution in [3.05, 3.63) is 114 Å². The van der Waals surface area contributed by atoms with Gasteiger partial charge in [-0.2, -0.15) is 0 Å². The molecule has 184 valence electrons. The van der Waals surface area contributed by atoms with E-state index in [0.717, 1.165) is 22.7 Å². The molecule has 4 aromatic carbocycles. The van der Waals surface area contributed by atoms with Crippen molar-refractivity contribution in [2.45, 2.75) is 34.3 Å². The molecule has 0 saturated carbocycles. The fourth-order valence-corrected chi connectivity index (χ4v) is 6.20. The molecule has 0 unspecified atom stereocenters. The standard InChI is InChI=1S/C29H28N2O3S2/c1-21-22(2)28(36(33,34)26-11-7-4-8-12-26)18-17-27(21)30-19-29(32)31-24-15-13-23(14-16-24)20-35-25-9-5-3-6-10-25/h3-18,30H,19-20H2,1-2H3,(H,31,32). The van der Waals surface area contributed by atoms with Crippen LogP contribution in [0.3, 0.4) is 0 Å². The molecule has 0 radical (unpaired) electrons. The van der Waals surface area contributed by atoms with Crippen molar-refractivity contribution < 1.29 is 13.2 Å². The summed E-state index contributed by atoms with van der Waals surface area (Å²) in [6.45, 7) is 3.70. The summed E-state index contributed by atoms with van der Waals surface area (Å²) in [5, 5.41) is 6.03. The predicted molar refractivity (Wildman–Crippen MR) is 147 cm³/mol. The molecule has 2 N–H and O–H groups in total. The van der Waals surface area contributed by atoms with Gasteiger partial charge in [0.1, 0.15) is 0 Å². The highest BCUT2D eigenvalue weighted by Crippen LogP contribution is 2.29. The van der Waals surface area contributed by atoms with E-state index in [2.05, 4.69) is 22.8 Å². The van der Waals surface area contributed by atoms with Gasteiger partial charge in [-0.3, -0.25) is 4.79 Å². The van der Waals surface area contributed by atoms with Crippen LogP contribution >= 0.6 is 11.8 Å². The van der Waals surface area contributed by atoms with Gasteiger partial charge in [0, 0.05) is 22.0 Å². The zero-order valence-corrected chi connectivity index (χ0v) is 21.8. The number of hydrogen-bond acceptors (Lipinski definition) is 5. The zero-order chi connectivity index (χ0) is 25.5. The van der Waals surface area contributed by atoms with E-state index in [4.69, 9.17) is 0 Å². The Kier molecular flexibility index (Phi) is 8.13. The average Bonchev–Trinajstić information content (AvgIpc) is 2.90. The molecule has 0 aliphatic rings. The molecule has 5 nitrogen and oxygen atoms in total. The van der Waals surface area contributed by atoms with E-state index in [0.29, 0.717) is 5.56 Å². The second-order valence-corrected chi connectivity index (χ2v) is 11.3. The highest BCUT2D eigenvalue weighted by Gasteiger charge is 2.21. The number of nitrogens with one attached hydrogen (secondary N) is 2. The minimum absolute atomic E-state index is 0.0661. The van der Waals surface area contributed by atoms with Crippen molar-refractivity contribution in [1.82, 2.24) is 0 Å². The van der Waals surface area contributed by atoms with Crippen molar-refractivity contribution in [2.24, 2.45) is 0 Å². The third-order valence-corrected chi connectivity index (χ3v) is 8.90. The van der Waals surface area contributed by atoms with Crippen LogP contribution in [0.5, 0.6) is 0 Å². The number of carbonyl (C=O) groups excluding carboxylic acids is 1. The van der Waals surface area contributed by atoms with Gasteiger partial charge in [0.15, 0.2) is 0 Å². The highest BCUT2D eigenvalue weighted by atomic mass is 32.2. The molecule has 0 aromatic heterocycles. The summed E-state index contributed by atoms with van der Waals surface area (Å²) in [5.74, 6) is 0.674.